The third-order valence-electron chi connectivity index (χ3n) is 11.8. The highest BCUT2D eigenvalue weighted by atomic mass is 16.5. The number of unbranched alkanes of at least 4 members (excludes halogenated alkanes) is 21. The van der Waals surface area contributed by atoms with Crippen molar-refractivity contribution in [3.05, 3.63) is 0 Å². The summed E-state index contributed by atoms with van der Waals surface area (Å²) in [7, 11) is 0. The molecule has 0 bridgehead atoms. The van der Waals surface area contributed by atoms with Gasteiger partial charge in [0.2, 0.25) is 0 Å². The third kappa shape index (κ3) is 31.7. The van der Waals surface area contributed by atoms with E-state index in [1.54, 1.807) is 0 Å². The SMILES string of the molecule is CCCCCCCCCOC(=O)CC1(CCCCCN(CCCCO)CCCCCCCC(=O)OCC(CCCCCCC)CCCCCCC)CC1. The molecular formula is C47H91NO5. The Labute approximate surface area is 330 Å². The van der Waals surface area contributed by atoms with Crippen LogP contribution in [0.15, 0.2) is 0 Å². The number of nitrogens with zero attached hydrogens (tertiary/aromatic N) is 1. The highest BCUT2D eigenvalue weighted by Gasteiger charge is 2.43. The first kappa shape index (κ1) is 49.9. The minimum Gasteiger partial charge on any atom is -0.466 e. The normalized spacial score (nSPS) is 13.6. The van der Waals surface area contributed by atoms with Gasteiger partial charge < -0.3 is 19.5 Å². The molecule has 0 aromatic carbocycles. The van der Waals surface area contributed by atoms with Gasteiger partial charge in [0, 0.05) is 13.0 Å². The zero-order valence-electron chi connectivity index (χ0n) is 35.9. The number of rotatable bonds is 42. The summed E-state index contributed by atoms with van der Waals surface area (Å²) in [6.07, 6.45) is 40.1. The van der Waals surface area contributed by atoms with Crippen LogP contribution in [-0.2, 0) is 19.1 Å². The Kier molecular flexibility index (Phi) is 34.3. The monoisotopic (exact) mass is 750 g/mol. The van der Waals surface area contributed by atoms with Crippen molar-refractivity contribution in [1.29, 1.82) is 0 Å². The molecule has 53 heavy (non-hydrogen) atoms. The molecule has 1 saturated carbocycles. The Morgan fingerprint density at radius 2 is 1.02 bits per heavy atom. The Hall–Kier alpha value is -1.14. The van der Waals surface area contributed by atoms with Crippen LogP contribution in [0.1, 0.15) is 239 Å². The van der Waals surface area contributed by atoms with Gasteiger partial charge in [-0.15, -0.1) is 0 Å². The van der Waals surface area contributed by atoms with Gasteiger partial charge in [0.1, 0.15) is 0 Å². The van der Waals surface area contributed by atoms with E-state index >= 15 is 0 Å². The molecule has 0 saturated heterocycles. The lowest BCUT2D eigenvalue weighted by Gasteiger charge is -2.22. The molecule has 0 unspecified atom stereocenters. The lowest BCUT2D eigenvalue weighted by Crippen LogP contribution is -2.27. The van der Waals surface area contributed by atoms with E-state index < -0.39 is 0 Å². The summed E-state index contributed by atoms with van der Waals surface area (Å²) in [6, 6.07) is 0. The summed E-state index contributed by atoms with van der Waals surface area (Å²) in [5.41, 5.74) is 0.234. The summed E-state index contributed by atoms with van der Waals surface area (Å²) in [6.45, 7) is 11.6. The number of carbonyl (C=O) groups is 2. The van der Waals surface area contributed by atoms with E-state index in [2.05, 4.69) is 25.7 Å². The summed E-state index contributed by atoms with van der Waals surface area (Å²) < 4.78 is 11.4. The van der Waals surface area contributed by atoms with Gasteiger partial charge in [0.15, 0.2) is 0 Å². The van der Waals surface area contributed by atoms with Crippen molar-refractivity contribution in [2.75, 3.05) is 39.5 Å². The molecule has 0 radical (unpaired) electrons. The van der Waals surface area contributed by atoms with Crippen LogP contribution in [0.5, 0.6) is 0 Å². The highest BCUT2D eigenvalue weighted by molar-refractivity contribution is 5.70. The average Bonchev–Trinajstić information content (AvgIpc) is 3.92. The number of aliphatic hydroxyl groups is 1. The van der Waals surface area contributed by atoms with Crippen LogP contribution in [0, 0.1) is 11.3 Å². The van der Waals surface area contributed by atoms with E-state index in [1.165, 1.54) is 167 Å². The Bertz CT molecular complexity index is 801. The van der Waals surface area contributed by atoms with Gasteiger partial charge in [0.25, 0.3) is 0 Å². The first-order chi connectivity index (χ1) is 26.0. The molecule has 1 rings (SSSR count). The van der Waals surface area contributed by atoms with E-state index in [9.17, 15) is 14.7 Å². The first-order valence-electron chi connectivity index (χ1n) is 23.6. The molecule has 0 aromatic heterocycles. The quantitative estimate of drug-likeness (QED) is 0.0495. The van der Waals surface area contributed by atoms with E-state index in [4.69, 9.17) is 9.47 Å². The Morgan fingerprint density at radius 1 is 0.547 bits per heavy atom. The van der Waals surface area contributed by atoms with Crippen LogP contribution in [0.25, 0.3) is 0 Å². The van der Waals surface area contributed by atoms with Gasteiger partial charge in [-0.1, -0.05) is 156 Å². The zero-order chi connectivity index (χ0) is 38.5. The molecule has 0 aromatic rings. The van der Waals surface area contributed by atoms with E-state index in [0.717, 1.165) is 58.2 Å². The maximum absolute atomic E-state index is 12.6. The van der Waals surface area contributed by atoms with Gasteiger partial charge in [-0.3, -0.25) is 9.59 Å². The van der Waals surface area contributed by atoms with Gasteiger partial charge in [-0.2, -0.15) is 0 Å². The molecule has 314 valence electrons. The number of aliphatic hydroxyl groups excluding tert-OH is 1. The summed E-state index contributed by atoms with van der Waals surface area (Å²) in [5.74, 6) is 0.574. The zero-order valence-corrected chi connectivity index (χ0v) is 35.9. The number of hydrogen-bond donors (Lipinski definition) is 1. The number of hydrogen-bond acceptors (Lipinski definition) is 6. The van der Waals surface area contributed by atoms with E-state index in [-0.39, 0.29) is 24.0 Å². The maximum atomic E-state index is 12.6. The van der Waals surface area contributed by atoms with E-state index in [1.807, 2.05) is 0 Å². The summed E-state index contributed by atoms with van der Waals surface area (Å²) in [5, 5.41) is 9.31. The fraction of sp³-hybridized carbons (Fsp3) is 0.957. The Balaban J connectivity index is 2.18. The molecule has 0 amide bonds. The van der Waals surface area contributed by atoms with Crippen LogP contribution in [0.3, 0.4) is 0 Å². The van der Waals surface area contributed by atoms with Crippen LogP contribution in [-0.4, -0.2) is 61.4 Å². The number of ether oxygens (including phenoxy) is 2. The molecule has 1 aliphatic carbocycles. The second kappa shape index (κ2) is 36.5. The fourth-order valence-corrected chi connectivity index (χ4v) is 7.89. The van der Waals surface area contributed by atoms with Gasteiger partial charge in [0.05, 0.1) is 19.6 Å². The number of esters is 2. The average molecular weight is 750 g/mol. The smallest absolute Gasteiger partial charge is 0.306 e. The largest absolute Gasteiger partial charge is 0.466 e. The molecule has 6 nitrogen and oxygen atoms in total. The molecule has 0 atom stereocenters. The van der Waals surface area contributed by atoms with E-state index in [0.29, 0.717) is 32.0 Å². The molecule has 0 spiro atoms. The topological polar surface area (TPSA) is 76.1 Å². The van der Waals surface area contributed by atoms with Gasteiger partial charge >= 0.3 is 11.9 Å². The minimum absolute atomic E-state index is 0.00775. The van der Waals surface area contributed by atoms with Crippen molar-refractivity contribution in [2.24, 2.45) is 11.3 Å². The first-order valence-corrected chi connectivity index (χ1v) is 23.6. The molecule has 6 heteroatoms. The minimum atomic E-state index is 0.00775. The molecule has 1 N–H and O–H groups in total. The Morgan fingerprint density at radius 3 is 1.57 bits per heavy atom. The van der Waals surface area contributed by atoms with Crippen molar-refractivity contribution >= 4 is 11.9 Å². The highest BCUT2D eigenvalue weighted by Crippen LogP contribution is 2.53. The predicted octanol–water partition coefficient (Wildman–Crippen LogP) is 13.3. The van der Waals surface area contributed by atoms with Crippen molar-refractivity contribution in [2.45, 2.75) is 239 Å². The molecule has 0 heterocycles. The van der Waals surface area contributed by atoms with Crippen molar-refractivity contribution < 1.29 is 24.2 Å². The van der Waals surface area contributed by atoms with Gasteiger partial charge in [-0.25, -0.2) is 0 Å². The molecule has 1 aliphatic rings. The molecular weight excluding hydrogens is 659 g/mol. The molecule has 0 aliphatic heterocycles. The van der Waals surface area contributed by atoms with Crippen LogP contribution in [0.2, 0.25) is 0 Å². The predicted molar refractivity (Wildman–Crippen MR) is 225 cm³/mol. The third-order valence-corrected chi connectivity index (χ3v) is 11.8. The fourth-order valence-electron chi connectivity index (χ4n) is 7.89. The van der Waals surface area contributed by atoms with Crippen LogP contribution in [0.4, 0.5) is 0 Å². The maximum Gasteiger partial charge on any atom is 0.306 e. The second-order valence-electron chi connectivity index (χ2n) is 17.1. The summed E-state index contributed by atoms with van der Waals surface area (Å²) in [4.78, 5) is 27.6. The van der Waals surface area contributed by atoms with Gasteiger partial charge in [-0.05, 0) is 102 Å². The standard InChI is InChI=1S/C47H91NO5/c1-4-7-10-13-14-20-30-41-52-46(51)42-47(35-36-47)34-25-21-27-38-48(39-28-29-40-49)37-26-19-15-18-24-33-45(50)53-43-44(31-22-16-11-8-5-2)32-23-17-12-9-6-3/h44,49H,4-43H2,1-3H3. The lowest BCUT2D eigenvalue weighted by molar-refractivity contribution is -0.146. The van der Waals surface area contributed by atoms with Crippen LogP contribution < -0.4 is 0 Å². The van der Waals surface area contributed by atoms with Crippen molar-refractivity contribution in [3.63, 3.8) is 0 Å². The van der Waals surface area contributed by atoms with Crippen LogP contribution >= 0.6 is 0 Å². The van der Waals surface area contributed by atoms with Crippen molar-refractivity contribution in [1.82, 2.24) is 4.90 Å². The second-order valence-corrected chi connectivity index (χ2v) is 17.1. The molecule has 1 fully saturated rings. The summed E-state index contributed by atoms with van der Waals surface area (Å²) >= 11 is 0. The van der Waals surface area contributed by atoms with Crippen molar-refractivity contribution in [3.8, 4) is 0 Å². The lowest BCUT2D eigenvalue weighted by atomic mass is 9.94. The number of carbonyl (C=O) groups excluding carboxylic acids is 2.